The minimum absolute atomic E-state index is 0.521. The first-order valence-corrected chi connectivity index (χ1v) is 4.34. The maximum atomic E-state index is 4.26. The number of aromatic nitrogens is 2. The fourth-order valence-corrected chi connectivity index (χ4v) is 1.78. The van der Waals surface area contributed by atoms with Gasteiger partial charge in [-0.3, -0.25) is 4.90 Å². The molecule has 0 bridgehead atoms. The van der Waals surface area contributed by atoms with E-state index < -0.39 is 0 Å². The molecule has 0 aliphatic carbocycles. The topological polar surface area (TPSA) is 29.0 Å². The van der Waals surface area contributed by atoms with Crippen molar-refractivity contribution < 1.29 is 0 Å². The molecule has 3 heteroatoms. The minimum atomic E-state index is 0.521. The lowest BCUT2D eigenvalue weighted by molar-refractivity contribution is 0.311. The van der Waals surface area contributed by atoms with Gasteiger partial charge < -0.3 is 0 Å². The van der Waals surface area contributed by atoms with E-state index in [0.29, 0.717) is 6.04 Å². The molecule has 1 fully saturated rings. The zero-order chi connectivity index (χ0) is 8.39. The van der Waals surface area contributed by atoms with Crippen LogP contribution in [0.2, 0.25) is 0 Å². The Hall–Kier alpha value is -0.960. The van der Waals surface area contributed by atoms with E-state index in [1.54, 1.807) is 6.33 Å². The molecule has 1 aliphatic heterocycles. The Kier molecular flexibility index (Phi) is 2.04. The Bertz CT molecular complexity index is 247. The summed E-state index contributed by atoms with van der Waals surface area (Å²) in [6, 6.07) is 2.53. The van der Waals surface area contributed by atoms with Gasteiger partial charge in [-0.05, 0) is 32.5 Å². The summed E-state index contributed by atoms with van der Waals surface area (Å²) in [7, 11) is 2.15. The van der Waals surface area contributed by atoms with E-state index in [0.717, 1.165) is 5.69 Å². The van der Waals surface area contributed by atoms with Gasteiger partial charge in [-0.15, -0.1) is 0 Å². The summed E-state index contributed by atoms with van der Waals surface area (Å²) in [5.74, 6) is 0. The van der Waals surface area contributed by atoms with Gasteiger partial charge in [0, 0.05) is 6.20 Å². The van der Waals surface area contributed by atoms with Crippen molar-refractivity contribution in [2.24, 2.45) is 0 Å². The molecule has 3 nitrogen and oxygen atoms in total. The van der Waals surface area contributed by atoms with Gasteiger partial charge in [0.25, 0.3) is 0 Å². The molecule has 2 rings (SSSR count). The SMILES string of the molecule is CN1CCCC1c1ccncn1. The lowest BCUT2D eigenvalue weighted by Gasteiger charge is -2.17. The molecule has 1 atom stereocenters. The van der Waals surface area contributed by atoms with Gasteiger partial charge in [0.2, 0.25) is 0 Å². The van der Waals surface area contributed by atoms with Crippen LogP contribution in [-0.4, -0.2) is 28.5 Å². The van der Waals surface area contributed by atoms with Gasteiger partial charge in [0.15, 0.2) is 0 Å². The van der Waals surface area contributed by atoms with Crippen LogP contribution in [-0.2, 0) is 0 Å². The van der Waals surface area contributed by atoms with Crippen LogP contribution in [0.4, 0.5) is 0 Å². The third kappa shape index (κ3) is 1.32. The summed E-state index contributed by atoms with van der Waals surface area (Å²) in [5.41, 5.74) is 1.16. The third-order valence-electron chi connectivity index (χ3n) is 2.47. The van der Waals surface area contributed by atoms with E-state index in [2.05, 4.69) is 21.9 Å². The first-order valence-electron chi connectivity index (χ1n) is 4.34. The van der Waals surface area contributed by atoms with E-state index >= 15 is 0 Å². The molecular formula is C9H13N3. The van der Waals surface area contributed by atoms with Crippen LogP contribution in [0.1, 0.15) is 24.6 Å². The average molecular weight is 163 g/mol. The molecule has 1 aliphatic rings. The van der Waals surface area contributed by atoms with Crippen molar-refractivity contribution in [3.8, 4) is 0 Å². The second-order valence-corrected chi connectivity index (χ2v) is 3.27. The van der Waals surface area contributed by atoms with E-state index in [1.165, 1.54) is 19.4 Å². The molecule has 1 aromatic rings. The van der Waals surface area contributed by atoms with Gasteiger partial charge in [0.05, 0.1) is 11.7 Å². The highest BCUT2D eigenvalue weighted by Gasteiger charge is 2.22. The van der Waals surface area contributed by atoms with Crippen molar-refractivity contribution in [1.82, 2.24) is 14.9 Å². The molecule has 12 heavy (non-hydrogen) atoms. The maximum absolute atomic E-state index is 4.26. The minimum Gasteiger partial charge on any atom is -0.298 e. The van der Waals surface area contributed by atoms with E-state index in [4.69, 9.17) is 0 Å². The van der Waals surface area contributed by atoms with Crippen LogP contribution in [0.3, 0.4) is 0 Å². The Labute approximate surface area is 72.4 Å². The molecule has 0 radical (unpaired) electrons. The van der Waals surface area contributed by atoms with Crippen molar-refractivity contribution in [2.75, 3.05) is 13.6 Å². The Balaban J connectivity index is 2.19. The zero-order valence-electron chi connectivity index (χ0n) is 7.27. The first-order chi connectivity index (χ1) is 5.88. The van der Waals surface area contributed by atoms with Gasteiger partial charge in [-0.1, -0.05) is 0 Å². The average Bonchev–Trinajstić information content (AvgIpc) is 2.53. The van der Waals surface area contributed by atoms with Crippen LogP contribution in [0.15, 0.2) is 18.6 Å². The third-order valence-corrected chi connectivity index (χ3v) is 2.47. The van der Waals surface area contributed by atoms with Crippen LogP contribution in [0.25, 0.3) is 0 Å². The fourth-order valence-electron chi connectivity index (χ4n) is 1.78. The van der Waals surface area contributed by atoms with Crippen molar-refractivity contribution in [1.29, 1.82) is 0 Å². The molecule has 0 amide bonds. The highest BCUT2D eigenvalue weighted by Crippen LogP contribution is 2.27. The second-order valence-electron chi connectivity index (χ2n) is 3.27. The molecular weight excluding hydrogens is 150 g/mol. The Morgan fingerprint density at radius 2 is 2.50 bits per heavy atom. The van der Waals surface area contributed by atoms with Gasteiger partial charge in [0.1, 0.15) is 6.33 Å². The van der Waals surface area contributed by atoms with Crippen molar-refractivity contribution >= 4 is 0 Å². The van der Waals surface area contributed by atoms with Gasteiger partial charge >= 0.3 is 0 Å². The van der Waals surface area contributed by atoms with Gasteiger partial charge in [-0.25, -0.2) is 9.97 Å². The highest BCUT2D eigenvalue weighted by atomic mass is 15.2. The van der Waals surface area contributed by atoms with Crippen LogP contribution in [0, 0.1) is 0 Å². The monoisotopic (exact) mass is 163 g/mol. The van der Waals surface area contributed by atoms with Crippen molar-refractivity contribution in [2.45, 2.75) is 18.9 Å². The van der Waals surface area contributed by atoms with E-state index in [9.17, 15) is 0 Å². The molecule has 0 N–H and O–H groups in total. The van der Waals surface area contributed by atoms with Crippen LogP contribution in [0.5, 0.6) is 0 Å². The first kappa shape index (κ1) is 7.68. The lowest BCUT2D eigenvalue weighted by atomic mass is 10.1. The van der Waals surface area contributed by atoms with Crippen molar-refractivity contribution in [3.05, 3.63) is 24.3 Å². The predicted octanol–water partition coefficient (Wildman–Crippen LogP) is 1.24. The molecule has 1 saturated heterocycles. The number of likely N-dealkylation sites (tertiary alicyclic amines) is 1. The standard InChI is InChI=1S/C9H13N3/c1-12-6-2-3-9(12)8-4-5-10-7-11-8/h4-5,7,9H,2-3,6H2,1H3. The fraction of sp³-hybridized carbons (Fsp3) is 0.556. The number of hydrogen-bond donors (Lipinski definition) is 0. The molecule has 0 saturated carbocycles. The van der Waals surface area contributed by atoms with E-state index in [1.807, 2.05) is 12.3 Å². The normalized spacial score (nSPS) is 24.6. The molecule has 2 heterocycles. The summed E-state index contributed by atoms with van der Waals surface area (Å²) in [4.78, 5) is 10.5. The maximum Gasteiger partial charge on any atom is 0.115 e. The Morgan fingerprint density at radius 3 is 3.08 bits per heavy atom. The second kappa shape index (κ2) is 3.19. The largest absolute Gasteiger partial charge is 0.298 e. The zero-order valence-corrected chi connectivity index (χ0v) is 7.27. The van der Waals surface area contributed by atoms with Crippen LogP contribution >= 0.6 is 0 Å². The molecule has 64 valence electrons. The predicted molar refractivity (Wildman–Crippen MR) is 46.6 cm³/mol. The van der Waals surface area contributed by atoms with E-state index in [-0.39, 0.29) is 0 Å². The number of nitrogens with zero attached hydrogens (tertiary/aromatic N) is 3. The smallest absolute Gasteiger partial charge is 0.115 e. The quantitative estimate of drug-likeness (QED) is 0.623. The summed E-state index contributed by atoms with van der Waals surface area (Å²) >= 11 is 0. The molecule has 0 spiro atoms. The number of hydrogen-bond acceptors (Lipinski definition) is 3. The summed E-state index contributed by atoms with van der Waals surface area (Å²) in [5, 5.41) is 0. The Morgan fingerprint density at radius 1 is 1.58 bits per heavy atom. The lowest BCUT2D eigenvalue weighted by Crippen LogP contribution is -2.18. The molecule has 0 aromatic carbocycles. The summed E-state index contributed by atoms with van der Waals surface area (Å²) in [6.45, 7) is 1.19. The number of rotatable bonds is 1. The van der Waals surface area contributed by atoms with Gasteiger partial charge in [-0.2, -0.15) is 0 Å². The molecule has 1 aromatic heterocycles. The summed E-state index contributed by atoms with van der Waals surface area (Å²) < 4.78 is 0. The highest BCUT2D eigenvalue weighted by molar-refractivity contribution is 5.06. The van der Waals surface area contributed by atoms with Crippen molar-refractivity contribution in [3.63, 3.8) is 0 Å². The molecule has 1 unspecified atom stereocenters. The van der Waals surface area contributed by atoms with Crippen LogP contribution < -0.4 is 0 Å². The summed E-state index contributed by atoms with van der Waals surface area (Å²) in [6.07, 6.45) is 5.95.